The largest absolute Gasteiger partial charge is 0.476 e. The van der Waals surface area contributed by atoms with Crippen molar-refractivity contribution in [2.24, 2.45) is 0 Å². The molecule has 2 rings (SSSR count). The van der Waals surface area contributed by atoms with Gasteiger partial charge in [0.05, 0.1) is 11.2 Å². The van der Waals surface area contributed by atoms with E-state index >= 15 is 0 Å². The zero-order valence-electron chi connectivity index (χ0n) is 8.69. The van der Waals surface area contributed by atoms with Gasteiger partial charge in [0.1, 0.15) is 5.82 Å². The molecular formula is C11H5BrClFN2O2. The van der Waals surface area contributed by atoms with Gasteiger partial charge in [-0.05, 0) is 34.1 Å². The van der Waals surface area contributed by atoms with Crippen LogP contribution < -0.4 is 0 Å². The lowest BCUT2D eigenvalue weighted by atomic mass is 10.2. The number of benzene rings is 1. The van der Waals surface area contributed by atoms with Gasteiger partial charge in [0, 0.05) is 10.0 Å². The first-order chi connectivity index (χ1) is 8.49. The van der Waals surface area contributed by atoms with Crippen LogP contribution in [0.4, 0.5) is 4.39 Å². The van der Waals surface area contributed by atoms with Crippen LogP contribution in [0, 0.1) is 5.82 Å². The SMILES string of the molecule is O=C(O)c1nc(-c2ccc(F)cc2Br)ncc1Cl. The molecule has 1 heterocycles. The number of halogens is 3. The van der Waals surface area contributed by atoms with Crippen LogP contribution in [0.25, 0.3) is 11.4 Å². The molecule has 0 saturated carbocycles. The van der Waals surface area contributed by atoms with Crippen LogP contribution in [0.15, 0.2) is 28.9 Å². The first kappa shape index (κ1) is 12.9. The minimum atomic E-state index is -1.25. The second-order valence-corrected chi connectivity index (χ2v) is 4.58. The fraction of sp³-hybridized carbons (Fsp3) is 0. The Hall–Kier alpha value is -1.53. The second kappa shape index (κ2) is 4.99. The van der Waals surface area contributed by atoms with Gasteiger partial charge in [-0.1, -0.05) is 11.6 Å². The van der Waals surface area contributed by atoms with Gasteiger partial charge in [0.25, 0.3) is 0 Å². The summed E-state index contributed by atoms with van der Waals surface area (Å²) in [4.78, 5) is 18.7. The molecule has 18 heavy (non-hydrogen) atoms. The van der Waals surface area contributed by atoms with Crippen LogP contribution in [0.5, 0.6) is 0 Å². The fourth-order valence-electron chi connectivity index (χ4n) is 1.32. The Morgan fingerprint density at radius 2 is 2.17 bits per heavy atom. The number of hydrogen-bond donors (Lipinski definition) is 1. The molecule has 2 aromatic rings. The Balaban J connectivity index is 2.58. The molecule has 1 aromatic carbocycles. The molecule has 0 saturated heterocycles. The first-order valence-electron chi connectivity index (χ1n) is 4.70. The zero-order chi connectivity index (χ0) is 13.3. The summed E-state index contributed by atoms with van der Waals surface area (Å²) < 4.78 is 13.4. The number of hydrogen-bond acceptors (Lipinski definition) is 3. The van der Waals surface area contributed by atoms with E-state index in [0.717, 1.165) is 0 Å². The molecule has 4 nitrogen and oxygen atoms in total. The van der Waals surface area contributed by atoms with Gasteiger partial charge in [0.15, 0.2) is 11.5 Å². The summed E-state index contributed by atoms with van der Waals surface area (Å²) >= 11 is 8.83. The van der Waals surface area contributed by atoms with E-state index in [1.54, 1.807) is 0 Å². The molecular weight excluding hydrogens is 326 g/mol. The van der Waals surface area contributed by atoms with E-state index in [0.29, 0.717) is 10.0 Å². The van der Waals surface area contributed by atoms with Crippen molar-refractivity contribution in [1.29, 1.82) is 0 Å². The minimum Gasteiger partial charge on any atom is -0.476 e. The smallest absolute Gasteiger partial charge is 0.356 e. The molecule has 0 bridgehead atoms. The Morgan fingerprint density at radius 1 is 1.44 bits per heavy atom. The van der Waals surface area contributed by atoms with Crippen molar-refractivity contribution < 1.29 is 14.3 Å². The summed E-state index contributed by atoms with van der Waals surface area (Å²) in [6, 6.07) is 3.93. The number of aromatic nitrogens is 2. The molecule has 0 aliphatic carbocycles. The molecule has 0 atom stereocenters. The zero-order valence-corrected chi connectivity index (χ0v) is 11.0. The maximum absolute atomic E-state index is 12.9. The van der Waals surface area contributed by atoms with E-state index in [2.05, 4.69) is 25.9 Å². The number of aromatic carboxylic acids is 1. The molecule has 0 radical (unpaired) electrons. The third kappa shape index (κ3) is 2.49. The lowest BCUT2D eigenvalue weighted by molar-refractivity contribution is 0.0690. The van der Waals surface area contributed by atoms with Crippen LogP contribution >= 0.6 is 27.5 Å². The molecule has 0 aliphatic heterocycles. The van der Waals surface area contributed by atoms with E-state index in [9.17, 15) is 9.18 Å². The standard InChI is InChI=1S/C11H5BrClFN2O2/c12-7-3-5(14)1-2-6(7)10-15-4-8(13)9(16-10)11(17)18/h1-4H,(H,17,18). The van der Waals surface area contributed by atoms with Crippen LogP contribution in [0.2, 0.25) is 5.02 Å². The molecule has 92 valence electrons. The van der Waals surface area contributed by atoms with Crippen molar-refractivity contribution in [3.8, 4) is 11.4 Å². The second-order valence-electron chi connectivity index (χ2n) is 3.32. The fourth-order valence-corrected chi connectivity index (χ4v) is 2.02. The van der Waals surface area contributed by atoms with Crippen LogP contribution in [-0.4, -0.2) is 21.0 Å². The average molecular weight is 332 g/mol. The van der Waals surface area contributed by atoms with Crippen molar-refractivity contribution in [3.63, 3.8) is 0 Å². The number of carboxylic acid groups (broad SMARTS) is 1. The van der Waals surface area contributed by atoms with Crippen LogP contribution in [-0.2, 0) is 0 Å². The highest BCUT2D eigenvalue weighted by Crippen LogP contribution is 2.27. The van der Waals surface area contributed by atoms with Gasteiger partial charge < -0.3 is 5.11 Å². The predicted molar refractivity (Wildman–Crippen MR) is 67.1 cm³/mol. The van der Waals surface area contributed by atoms with Crippen molar-refractivity contribution in [1.82, 2.24) is 9.97 Å². The van der Waals surface area contributed by atoms with E-state index in [1.165, 1.54) is 24.4 Å². The molecule has 0 fully saturated rings. The highest BCUT2D eigenvalue weighted by molar-refractivity contribution is 9.10. The molecule has 1 aromatic heterocycles. The Labute approximate surface area is 115 Å². The van der Waals surface area contributed by atoms with Crippen molar-refractivity contribution in [3.05, 3.63) is 45.4 Å². The van der Waals surface area contributed by atoms with E-state index in [-0.39, 0.29) is 16.5 Å². The lowest BCUT2D eigenvalue weighted by Crippen LogP contribution is -2.04. The normalized spacial score (nSPS) is 10.4. The highest BCUT2D eigenvalue weighted by atomic mass is 79.9. The topological polar surface area (TPSA) is 63.1 Å². The van der Waals surface area contributed by atoms with E-state index < -0.39 is 11.8 Å². The van der Waals surface area contributed by atoms with Gasteiger partial charge in [0.2, 0.25) is 0 Å². The summed E-state index contributed by atoms with van der Waals surface area (Å²) in [5, 5.41) is 8.85. The number of nitrogens with zero attached hydrogens (tertiary/aromatic N) is 2. The van der Waals surface area contributed by atoms with Crippen LogP contribution in [0.3, 0.4) is 0 Å². The maximum atomic E-state index is 12.9. The summed E-state index contributed by atoms with van der Waals surface area (Å²) in [5.74, 6) is -1.51. The van der Waals surface area contributed by atoms with E-state index in [4.69, 9.17) is 16.7 Å². The van der Waals surface area contributed by atoms with Crippen molar-refractivity contribution in [2.45, 2.75) is 0 Å². The third-order valence-corrected chi connectivity index (χ3v) is 3.05. The minimum absolute atomic E-state index is 0.0514. The Bertz CT molecular complexity index is 636. The Morgan fingerprint density at radius 3 is 2.78 bits per heavy atom. The van der Waals surface area contributed by atoms with Gasteiger partial charge in [-0.15, -0.1) is 0 Å². The number of carbonyl (C=O) groups is 1. The number of rotatable bonds is 2. The molecule has 0 unspecified atom stereocenters. The van der Waals surface area contributed by atoms with Crippen molar-refractivity contribution >= 4 is 33.5 Å². The maximum Gasteiger partial charge on any atom is 0.356 e. The van der Waals surface area contributed by atoms with Gasteiger partial charge >= 0.3 is 5.97 Å². The lowest BCUT2D eigenvalue weighted by Gasteiger charge is -2.05. The van der Waals surface area contributed by atoms with Gasteiger partial charge in [-0.25, -0.2) is 19.2 Å². The predicted octanol–water partition coefficient (Wildman–Crippen LogP) is 3.40. The van der Waals surface area contributed by atoms with Gasteiger partial charge in [-0.3, -0.25) is 0 Å². The summed E-state index contributed by atoms with van der Waals surface area (Å²) in [5.41, 5.74) is 0.188. The summed E-state index contributed by atoms with van der Waals surface area (Å²) in [6.45, 7) is 0. The summed E-state index contributed by atoms with van der Waals surface area (Å²) in [7, 11) is 0. The molecule has 1 N–H and O–H groups in total. The quantitative estimate of drug-likeness (QED) is 0.916. The molecule has 0 spiro atoms. The highest BCUT2D eigenvalue weighted by Gasteiger charge is 2.15. The summed E-state index contributed by atoms with van der Waals surface area (Å²) in [6.07, 6.45) is 1.20. The average Bonchev–Trinajstić information content (AvgIpc) is 2.30. The number of carboxylic acids is 1. The van der Waals surface area contributed by atoms with Crippen molar-refractivity contribution in [2.75, 3.05) is 0 Å². The van der Waals surface area contributed by atoms with Crippen LogP contribution in [0.1, 0.15) is 10.5 Å². The molecule has 0 aliphatic rings. The first-order valence-corrected chi connectivity index (χ1v) is 5.87. The van der Waals surface area contributed by atoms with E-state index in [1.807, 2.05) is 0 Å². The Kier molecular flexibility index (Phi) is 3.58. The van der Waals surface area contributed by atoms with Gasteiger partial charge in [-0.2, -0.15) is 0 Å². The molecule has 7 heteroatoms. The monoisotopic (exact) mass is 330 g/mol. The third-order valence-electron chi connectivity index (χ3n) is 2.12. The molecule has 0 amide bonds.